The van der Waals surface area contributed by atoms with Crippen LogP contribution in [0.5, 0.6) is 0 Å². The van der Waals surface area contributed by atoms with Gasteiger partial charge in [0.05, 0.1) is 0 Å². The fraction of sp³-hybridized carbons (Fsp3) is 0.364. The van der Waals surface area contributed by atoms with Gasteiger partial charge in [-0.3, -0.25) is 0 Å². The number of halogens is 2. The van der Waals surface area contributed by atoms with Crippen molar-refractivity contribution in [3.8, 4) is 0 Å². The molecule has 16 heavy (non-hydrogen) atoms. The molecule has 0 saturated heterocycles. The third-order valence-corrected chi connectivity index (χ3v) is 3.04. The van der Waals surface area contributed by atoms with Crippen molar-refractivity contribution in [3.63, 3.8) is 0 Å². The minimum atomic E-state index is -0.509. The van der Waals surface area contributed by atoms with Crippen molar-refractivity contribution in [2.45, 2.75) is 19.8 Å². The SMILES string of the molecule is CSS/N=C/c1cc(F)c(C(C)C)c(F)c1. The summed E-state index contributed by atoms with van der Waals surface area (Å²) in [5.41, 5.74) is 0.579. The normalized spacial score (nSPS) is 11.6. The fourth-order valence-electron chi connectivity index (χ4n) is 1.36. The van der Waals surface area contributed by atoms with E-state index >= 15 is 0 Å². The Balaban J connectivity index is 3.00. The van der Waals surface area contributed by atoms with Crippen molar-refractivity contribution in [2.24, 2.45) is 4.40 Å². The van der Waals surface area contributed by atoms with Crippen molar-refractivity contribution in [1.29, 1.82) is 0 Å². The molecule has 0 amide bonds. The molecular weight excluding hydrogens is 248 g/mol. The summed E-state index contributed by atoms with van der Waals surface area (Å²) in [5, 5.41) is 0. The van der Waals surface area contributed by atoms with Gasteiger partial charge in [0.25, 0.3) is 0 Å². The molecule has 0 bridgehead atoms. The summed E-state index contributed by atoms with van der Waals surface area (Å²) in [6.45, 7) is 3.53. The summed E-state index contributed by atoms with van der Waals surface area (Å²) < 4.78 is 31.1. The Kier molecular flexibility index (Phi) is 5.28. The van der Waals surface area contributed by atoms with Crippen LogP contribution in [0.4, 0.5) is 8.78 Å². The minimum absolute atomic E-state index is 0.134. The van der Waals surface area contributed by atoms with Crippen LogP contribution in [0.3, 0.4) is 0 Å². The predicted molar refractivity (Wildman–Crippen MR) is 69.1 cm³/mol. The van der Waals surface area contributed by atoms with Crippen LogP contribution < -0.4 is 0 Å². The van der Waals surface area contributed by atoms with Gasteiger partial charge in [-0.2, -0.15) is 0 Å². The van der Waals surface area contributed by atoms with E-state index in [0.29, 0.717) is 5.56 Å². The molecule has 5 heteroatoms. The second kappa shape index (κ2) is 6.25. The van der Waals surface area contributed by atoms with E-state index < -0.39 is 11.6 Å². The quantitative estimate of drug-likeness (QED) is 0.451. The highest BCUT2D eigenvalue weighted by atomic mass is 33.1. The van der Waals surface area contributed by atoms with Gasteiger partial charge in [0.2, 0.25) is 0 Å². The molecule has 0 aliphatic carbocycles. The highest BCUT2D eigenvalue weighted by molar-refractivity contribution is 8.76. The molecule has 0 aliphatic heterocycles. The lowest BCUT2D eigenvalue weighted by Gasteiger charge is -2.08. The van der Waals surface area contributed by atoms with Crippen molar-refractivity contribution in [1.82, 2.24) is 0 Å². The summed E-state index contributed by atoms with van der Waals surface area (Å²) in [6.07, 6.45) is 3.34. The third-order valence-electron chi connectivity index (χ3n) is 2.00. The fourth-order valence-corrected chi connectivity index (χ4v) is 1.99. The zero-order valence-corrected chi connectivity index (χ0v) is 11.0. The largest absolute Gasteiger partial charge is 0.212 e. The molecule has 0 saturated carbocycles. The Bertz CT molecular complexity index is 369. The van der Waals surface area contributed by atoms with Gasteiger partial charge in [-0.1, -0.05) is 24.6 Å². The molecule has 0 fully saturated rings. The average molecular weight is 261 g/mol. The first kappa shape index (κ1) is 13.5. The van der Waals surface area contributed by atoms with Crippen LogP contribution in [0.1, 0.15) is 30.9 Å². The summed E-state index contributed by atoms with van der Waals surface area (Å²) in [7, 11) is 2.73. The molecule has 1 rings (SSSR count). The summed E-state index contributed by atoms with van der Waals surface area (Å²) in [6, 6.07) is 2.62. The molecule has 1 nitrogen and oxygen atoms in total. The molecule has 0 unspecified atom stereocenters. The number of hydrogen-bond donors (Lipinski definition) is 0. The van der Waals surface area contributed by atoms with E-state index in [-0.39, 0.29) is 11.5 Å². The maximum Gasteiger partial charge on any atom is 0.130 e. The topological polar surface area (TPSA) is 12.4 Å². The second-order valence-electron chi connectivity index (χ2n) is 3.53. The highest BCUT2D eigenvalue weighted by Crippen LogP contribution is 2.23. The van der Waals surface area contributed by atoms with Gasteiger partial charge in [0.15, 0.2) is 0 Å². The maximum atomic E-state index is 13.6. The highest BCUT2D eigenvalue weighted by Gasteiger charge is 2.13. The van der Waals surface area contributed by atoms with E-state index in [9.17, 15) is 8.78 Å². The number of rotatable bonds is 4. The first-order valence-electron chi connectivity index (χ1n) is 4.78. The molecular formula is C11H13F2NS2. The van der Waals surface area contributed by atoms with Crippen LogP contribution in [0.25, 0.3) is 0 Å². The summed E-state index contributed by atoms with van der Waals surface area (Å²) in [5.74, 6) is -1.18. The molecule has 0 spiro atoms. The molecule has 0 radical (unpaired) electrons. The van der Waals surface area contributed by atoms with Crippen molar-refractivity contribution in [3.05, 3.63) is 34.9 Å². The molecule has 0 aliphatic rings. The van der Waals surface area contributed by atoms with Gasteiger partial charge in [-0.05, 0) is 29.9 Å². The lowest BCUT2D eigenvalue weighted by Crippen LogP contribution is -1.99. The molecule has 0 aromatic heterocycles. The standard InChI is InChI=1S/C11H13F2NS2/c1-7(2)11-9(12)4-8(5-10(11)13)6-14-16-15-3/h4-7H,1-3H3/b14-6+. The van der Waals surface area contributed by atoms with Gasteiger partial charge >= 0.3 is 0 Å². The Morgan fingerprint density at radius 1 is 1.25 bits per heavy atom. The first-order chi connectivity index (χ1) is 7.56. The summed E-state index contributed by atoms with van der Waals surface area (Å²) >= 11 is 0. The van der Waals surface area contributed by atoms with Gasteiger partial charge in [0.1, 0.15) is 11.6 Å². The van der Waals surface area contributed by atoms with Crippen LogP contribution in [0.15, 0.2) is 16.5 Å². The van der Waals surface area contributed by atoms with Crippen LogP contribution in [-0.2, 0) is 0 Å². The Hall–Kier alpha value is -0.550. The second-order valence-corrected chi connectivity index (χ2v) is 5.67. The van der Waals surface area contributed by atoms with Gasteiger partial charge in [-0.15, -0.1) is 0 Å². The summed E-state index contributed by atoms with van der Waals surface area (Å²) in [4.78, 5) is 0. The minimum Gasteiger partial charge on any atom is -0.212 e. The molecule has 1 aromatic carbocycles. The monoisotopic (exact) mass is 261 g/mol. The zero-order chi connectivity index (χ0) is 12.1. The number of benzene rings is 1. The van der Waals surface area contributed by atoms with Crippen LogP contribution in [-0.4, -0.2) is 12.5 Å². The smallest absolute Gasteiger partial charge is 0.130 e. The van der Waals surface area contributed by atoms with E-state index in [2.05, 4.69) is 4.40 Å². The van der Waals surface area contributed by atoms with E-state index in [0.717, 1.165) is 0 Å². The van der Waals surface area contributed by atoms with Crippen LogP contribution in [0, 0.1) is 11.6 Å². The van der Waals surface area contributed by atoms with Gasteiger partial charge < -0.3 is 0 Å². The van der Waals surface area contributed by atoms with E-state index in [1.54, 1.807) is 13.8 Å². The Labute approximate surface area is 102 Å². The van der Waals surface area contributed by atoms with Gasteiger partial charge in [-0.25, -0.2) is 13.2 Å². The van der Waals surface area contributed by atoms with E-state index in [1.165, 1.54) is 40.1 Å². The predicted octanol–water partition coefficient (Wildman–Crippen LogP) is 4.43. The lowest BCUT2D eigenvalue weighted by atomic mass is 10.0. The molecule has 0 heterocycles. The third kappa shape index (κ3) is 3.49. The average Bonchev–Trinajstić information content (AvgIpc) is 2.16. The first-order valence-corrected chi connectivity index (χ1v) is 7.30. The number of hydrogen-bond acceptors (Lipinski definition) is 3. The lowest BCUT2D eigenvalue weighted by molar-refractivity contribution is 0.541. The molecule has 0 atom stereocenters. The maximum absolute atomic E-state index is 13.6. The van der Waals surface area contributed by atoms with Crippen LogP contribution >= 0.6 is 21.8 Å². The Morgan fingerprint density at radius 2 is 1.81 bits per heavy atom. The van der Waals surface area contributed by atoms with E-state index in [4.69, 9.17) is 0 Å². The molecule has 88 valence electrons. The zero-order valence-electron chi connectivity index (χ0n) is 9.33. The van der Waals surface area contributed by atoms with Crippen LogP contribution in [0.2, 0.25) is 0 Å². The van der Waals surface area contributed by atoms with E-state index in [1.807, 2.05) is 6.26 Å². The van der Waals surface area contributed by atoms with Crippen molar-refractivity contribution >= 4 is 28.0 Å². The van der Waals surface area contributed by atoms with Crippen molar-refractivity contribution < 1.29 is 8.78 Å². The molecule has 1 aromatic rings. The molecule has 0 N–H and O–H groups in total. The van der Waals surface area contributed by atoms with Crippen molar-refractivity contribution in [2.75, 3.05) is 6.26 Å². The Morgan fingerprint density at radius 3 is 2.25 bits per heavy atom. The van der Waals surface area contributed by atoms with Gasteiger partial charge in [0, 0.05) is 22.8 Å². The number of nitrogens with zero attached hydrogens (tertiary/aromatic N) is 1.